The number of rotatable bonds is 1. The van der Waals surface area contributed by atoms with Gasteiger partial charge in [-0.25, -0.2) is 4.79 Å². The summed E-state index contributed by atoms with van der Waals surface area (Å²) >= 11 is 0. The summed E-state index contributed by atoms with van der Waals surface area (Å²) in [7, 11) is 0. The first-order valence-corrected chi connectivity index (χ1v) is 5.77. The highest BCUT2D eigenvalue weighted by atomic mass is 16.6. The van der Waals surface area contributed by atoms with Gasteiger partial charge in [-0.15, -0.1) is 0 Å². The van der Waals surface area contributed by atoms with E-state index in [0.29, 0.717) is 18.8 Å². The van der Waals surface area contributed by atoms with Gasteiger partial charge in [-0.2, -0.15) is 0 Å². The molecule has 0 unspecified atom stereocenters. The van der Waals surface area contributed by atoms with Gasteiger partial charge in [-0.05, 0) is 33.1 Å². The van der Waals surface area contributed by atoms with Crippen LogP contribution in [-0.2, 0) is 9.53 Å². The van der Waals surface area contributed by atoms with Crippen LogP contribution in [0.1, 0.15) is 47.0 Å². The van der Waals surface area contributed by atoms with Crippen molar-refractivity contribution in [3.8, 4) is 0 Å². The van der Waals surface area contributed by atoms with Gasteiger partial charge in [0, 0.05) is 18.9 Å². The Bertz CT molecular complexity index is 280. The van der Waals surface area contributed by atoms with Crippen LogP contribution in [0.5, 0.6) is 0 Å². The quantitative estimate of drug-likeness (QED) is 0.747. The Labute approximate surface area is 96.7 Å². The summed E-state index contributed by atoms with van der Waals surface area (Å²) in [5, 5.41) is 2.75. The maximum atomic E-state index is 11.5. The molecule has 4 heteroatoms. The number of hydrogen-bond donors (Lipinski definition) is 1. The third-order valence-electron chi connectivity index (χ3n) is 2.46. The van der Waals surface area contributed by atoms with Crippen LogP contribution in [0.2, 0.25) is 0 Å². The Morgan fingerprint density at radius 3 is 2.50 bits per heavy atom. The molecule has 1 amide bonds. The van der Waals surface area contributed by atoms with Crippen molar-refractivity contribution in [2.75, 3.05) is 0 Å². The third kappa shape index (κ3) is 4.64. The second-order valence-electron chi connectivity index (χ2n) is 5.63. The monoisotopic (exact) mass is 227 g/mol. The number of carbonyl (C=O) groups is 2. The molecule has 0 heterocycles. The van der Waals surface area contributed by atoms with E-state index < -0.39 is 11.7 Å². The van der Waals surface area contributed by atoms with E-state index in [1.165, 1.54) is 0 Å². The molecule has 1 N–H and O–H groups in total. The molecule has 0 bridgehead atoms. The van der Waals surface area contributed by atoms with Crippen molar-refractivity contribution < 1.29 is 14.3 Å². The van der Waals surface area contributed by atoms with Crippen molar-refractivity contribution in [1.82, 2.24) is 5.32 Å². The first-order chi connectivity index (χ1) is 7.26. The minimum atomic E-state index is -0.492. The third-order valence-corrected chi connectivity index (χ3v) is 2.46. The van der Waals surface area contributed by atoms with E-state index in [1.54, 1.807) is 0 Å². The minimum Gasteiger partial charge on any atom is -0.444 e. The van der Waals surface area contributed by atoms with Gasteiger partial charge in [-0.1, -0.05) is 6.92 Å². The van der Waals surface area contributed by atoms with Crippen molar-refractivity contribution in [3.05, 3.63) is 0 Å². The largest absolute Gasteiger partial charge is 0.444 e. The number of ether oxygens (including phenoxy) is 1. The molecule has 1 aliphatic carbocycles. The molecule has 2 atom stereocenters. The molecule has 1 aliphatic rings. The summed E-state index contributed by atoms with van der Waals surface area (Å²) < 4.78 is 5.15. The molecule has 0 saturated heterocycles. The lowest BCUT2D eigenvalue weighted by molar-refractivity contribution is -0.121. The average molecular weight is 227 g/mol. The lowest BCUT2D eigenvalue weighted by Gasteiger charge is -2.28. The summed E-state index contributed by atoms with van der Waals surface area (Å²) in [6.07, 6.45) is 1.49. The molecule has 16 heavy (non-hydrogen) atoms. The zero-order valence-electron chi connectivity index (χ0n) is 10.5. The zero-order chi connectivity index (χ0) is 12.3. The number of amides is 1. The van der Waals surface area contributed by atoms with Crippen LogP contribution in [0.15, 0.2) is 0 Å². The van der Waals surface area contributed by atoms with E-state index in [9.17, 15) is 9.59 Å². The van der Waals surface area contributed by atoms with E-state index in [-0.39, 0.29) is 11.8 Å². The number of hydrogen-bond acceptors (Lipinski definition) is 3. The molecule has 4 nitrogen and oxygen atoms in total. The molecule has 0 spiro atoms. The Morgan fingerprint density at radius 1 is 1.38 bits per heavy atom. The first-order valence-electron chi connectivity index (χ1n) is 5.77. The number of nitrogens with one attached hydrogen (secondary N) is 1. The first kappa shape index (κ1) is 13.0. The summed E-state index contributed by atoms with van der Waals surface area (Å²) in [5.41, 5.74) is -0.492. The van der Waals surface area contributed by atoms with Gasteiger partial charge in [-0.3, -0.25) is 4.79 Å². The maximum absolute atomic E-state index is 11.5. The van der Waals surface area contributed by atoms with Gasteiger partial charge in [0.15, 0.2) is 0 Å². The second kappa shape index (κ2) is 4.85. The van der Waals surface area contributed by atoms with Crippen LogP contribution in [0.3, 0.4) is 0 Å². The SMILES string of the molecule is C[C@@H]1CC(=O)C[C@H](NC(=O)OC(C)(C)C)C1. The van der Waals surface area contributed by atoms with Gasteiger partial charge in [0.25, 0.3) is 0 Å². The lowest BCUT2D eigenvalue weighted by Crippen LogP contribution is -2.43. The highest BCUT2D eigenvalue weighted by molar-refractivity contribution is 5.81. The van der Waals surface area contributed by atoms with Crippen LogP contribution < -0.4 is 5.32 Å². The topological polar surface area (TPSA) is 55.4 Å². The Balaban J connectivity index is 2.42. The van der Waals surface area contributed by atoms with E-state index >= 15 is 0 Å². The van der Waals surface area contributed by atoms with Crippen molar-refractivity contribution in [2.24, 2.45) is 5.92 Å². The smallest absolute Gasteiger partial charge is 0.407 e. The fourth-order valence-electron chi connectivity index (χ4n) is 1.98. The minimum absolute atomic E-state index is 0.0638. The second-order valence-corrected chi connectivity index (χ2v) is 5.63. The standard InChI is InChI=1S/C12H21NO3/c1-8-5-9(7-10(14)6-8)13-11(15)16-12(2,3)4/h8-9H,5-7H2,1-4H3,(H,13,15)/t8-,9+/m0/s1. The average Bonchev–Trinajstić information content (AvgIpc) is 1.96. The molecule has 0 radical (unpaired) electrons. The lowest BCUT2D eigenvalue weighted by atomic mass is 9.86. The normalized spacial score (nSPS) is 26.4. The molecule has 92 valence electrons. The summed E-state index contributed by atoms with van der Waals surface area (Å²) in [4.78, 5) is 22.9. The Morgan fingerprint density at radius 2 is 2.00 bits per heavy atom. The highest BCUT2D eigenvalue weighted by Gasteiger charge is 2.27. The summed E-state index contributed by atoms with van der Waals surface area (Å²) in [6.45, 7) is 7.49. The molecular formula is C12H21NO3. The van der Waals surface area contributed by atoms with E-state index in [2.05, 4.69) is 5.32 Å². The Kier molecular flexibility index (Phi) is 3.94. The van der Waals surface area contributed by atoms with Gasteiger partial charge < -0.3 is 10.1 Å². The van der Waals surface area contributed by atoms with Gasteiger partial charge in [0.05, 0.1) is 0 Å². The summed E-state index contributed by atoms with van der Waals surface area (Å²) in [5.74, 6) is 0.570. The van der Waals surface area contributed by atoms with Gasteiger partial charge in [0.2, 0.25) is 0 Å². The van der Waals surface area contributed by atoms with E-state index in [0.717, 1.165) is 6.42 Å². The van der Waals surface area contributed by atoms with Crippen molar-refractivity contribution in [1.29, 1.82) is 0 Å². The number of ketones is 1. The van der Waals surface area contributed by atoms with Crippen LogP contribution >= 0.6 is 0 Å². The molecule has 1 fully saturated rings. The predicted octanol–water partition coefficient (Wildman–Crippen LogP) is 2.27. The fourth-order valence-corrected chi connectivity index (χ4v) is 1.98. The fraction of sp³-hybridized carbons (Fsp3) is 0.833. The molecule has 0 aromatic heterocycles. The van der Waals surface area contributed by atoms with Gasteiger partial charge >= 0.3 is 6.09 Å². The van der Waals surface area contributed by atoms with Crippen LogP contribution in [0.4, 0.5) is 4.79 Å². The van der Waals surface area contributed by atoms with Crippen molar-refractivity contribution >= 4 is 11.9 Å². The van der Waals surface area contributed by atoms with Crippen molar-refractivity contribution in [2.45, 2.75) is 58.6 Å². The molecule has 0 aromatic rings. The van der Waals surface area contributed by atoms with Crippen molar-refractivity contribution in [3.63, 3.8) is 0 Å². The molecule has 0 aliphatic heterocycles. The van der Waals surface area contributed by atoms with E-state index in [1.807, 2.05) is 27.7 Å². The van der Waals surface area contributed by atoms with Crippen LogP contribution in [-0.4, -0.2) is 23.5 Å². The Hall–Kier alpha value is -1.06. The molecule has 0 aromatic carbocycles. The van der Waals surface area contributed by atoms with Crippen LogP contribution in [0.25, 0.3) is 0 Å². The van der Waals surface area contributed by atoms with Crippen LogP contribution in [0, 0.1) is 5.92 Å². The molecule has 1 rings (SSSR count). The van der Waals surface area contributed by atoms with Gasteiger partial charge in [0.1, 0.15) is 11.4 Å². The number of alkyl carbamates (subject to hydrolysis) is 1. The number of Topliss-reactive ketones (excluding diaryl/α,β-unsaturated/α-hetero) is 1. The van der Waals surface area contributed by atoms with E-state index in [4.69, 9.17) is 4.74 Å². The highest BCUT2D eigenvalue weighted by Crippen LogP contribution is 2.21. The maximum Gasteiger partial charge on any atom is 0.407 e. The molecule has 1 saturated carbocycles. The zero-order valence-corrected chi connectivity index (χ0v) is 10.5. The molecular weight excluding hydrogens is 206 g/mol. The summed E-state index contributed by atoms with van der Waals surface area (Å²) in [6, 6.07) is -0.0638. The number of carbonyl (C=O) groups excluding carboxylic acids is 2. The predicted molar refractivity (Wildman–Crippen MR) is 61.2 cm³/mol.